The van der Waals surface area contributed by atoms with Crippen molar-refractivity contribution in [2.24, 2.45) is 5.92 Å². The number of fused-ring (bicyclic) bond motifs is 1. The maximum Gasteiger partial charge on any atom is 0.233 e. The van der Waals surface area contributed by atoms with Gasteiger partial charge in [-0.3, -0.25) is 4.79 Å². The zero-order valence-electron chi connectivity index (χ0n) is 13.6. The van der Waals surface area contributed by atoms with Gasteiger partial charge in [0, 0.05) is 4.47 Å². The lowest BCUT2D eigenvalue weighted by atomic mass is 9.85. The average Bonchev–Trinajstić information content (AvgIpc) is 2.97. The molecule has 1 aromatic heterocycles. The highest BCUT2D eigenvalue weighted by atomic mass is 79.9. The molecule has 1 N–H and O–H groups in total. The number of nitrogens with zero attached hydrogens (tertiary/aromatic N) is 1. The lowest BCUT2D eigenvalue weighted by Crippen LogP contribution is -2.26. The molecule has 24 heavy (non-hydrogen) atoms. The molecule has 1 heterocycles. The summed E-state index contributed by atoms with van der Waals surface area (Å²) in [5.41, 5.74) is 1.95. The van der Waals surface area contributed by atoms with Crippen molar-refractivity contribution in [3.05, 3.63) is 58.6 Å². The van der Waals surface area contributed by atoms with Crippen molar-refractivity contribution in [1.82, 2.24) is 4.98 Å². The van der Waals surface area contributed by atoms with Gasteiger partial charge in [-0.15, -0.1) is 0 Å². The second-order valence-electron chi connectivity index (χ2n) is 5.89. The van der Waals surface area contributed by atoms with Crippen molar-refractivity contribution in [1.29, 1.82) is 0 Å². The van der Waals surface area contributed by atoms with Gasteiger partial charge in [0.2, 0.25) is 5.91 Å². The van der Waals surface area contributed by atoms with Crippen LogP contribution in [0.3, 0.4) is 0 Å². The normalized spacial score (nSPS) is 13.6. The van der Waals surface area contributed by atoms with Crippen molar-refractivity contribution >= 4 is 48.5 Å². The smallest absolute Gasteiger partial charge is 0.233 e. The summed E-state index contributed by atoms with van der Waals surface area (Å²) in [6.07, 6.45) is 0.944. The van der Waals surface area contributed by atoms with E-state index in [1.165, 1.54) is 11.3 Å². The van der Waals surface area contributed by atoms with E-state index in [0.717, 1.165) is 26.7 Å². The van der Waals surface area contributed by atoms with Crippen LogP contribution in [0.25, 0.3) is 10.2 Å². The van der Waals surface area contributed by atoms with Gasteiger partial charge < -0.3 is 5.32 Å². The first-order chi connectivity index (χ1) is 11.6. The van der Waals surface area contributed by atoms with Crippen molar-refractivity contribution < 1.29 is 4.79 Å². The largest absolute Gasteiger partial charge is 0.301 e. The number of carbonyl (C=O) groups is 1. The number of hydrogen-bond donors (Lipinski definition) is 1. The Kier molecular flexibility index (Phi) is 5.31. The maximum atomic E-state index is 12.9. The van der Waals surface area contributed by atoms with Crippen LogP contribution in [0.2, 0.25) is 0 Å². The number of rotatable bonds is 5. The van der Waals surface area contributed by atoms with Crippen molar-refractivity contribution in [3.63, 3.8) is 0 Å². The second-order valence-corrected chi connectivity index (χ2v) is 7.84. The highest BCUT2D eigenvalue weighted by Gasteiger charge is 2.26. The Bertz CT molecular complexity index is 847. The molecule has 0 aliphatic carbocycles. The van der Waals surface area contributed by atoms with E-state index in [4.69, 9.17) is 0 Å². The van der Waals surface area contributed by atoms with E-state index in [1.807, 2.05) is 48.5 Å². The molecule has 124 valence electrons. The van der Waals surface area contributed by atoms with E-state index in [9.17, 15) is 4.79 Å². The molecule has 3 aromatic rings. The fourth-order valence-electron chi connectivity index (χ4n) is 2.77. The summed E-state index contributed by atoms with van der Waals surface area (Å²) in [5.74, 6) is 0.0968. The van der Waals surface area contributed by atoms with Crippen LogP contribution in [-0.2, 0) is 4.79 Å². The number of carbonyl (C=O) groups excluding carboxylic acids is 1. The Morgan fingerprint density at radius 3 is 2.71 bits per heavy atom. The summed E-state index contributed by atoms with van der Waals surface area (Å²) >= 11 is 4.96. The van der Waals surface area contributed by atoms with Gasteiger partial charge in [0.1, 0.15) is 0 Å². The number of hydrogen-bond acceptors (Lipinski definition) is 3. The van der Waals surface area contributed by atoms with Gasteiger partial charge in [-0.05, 0) is 29.7 Å². The Hall–Kier alpha value is -1.72. The molecule has 0 saturated carbocycles. The number of aromatic nitrogens is 1. The van der Waals surface area contributed by atoms with Gasteiger partial charge in [-0.1, -0.05) is 77.9 Å². The average molecular weight is 403 g/mol. The zero-order valence-corrected chi connectivity index (χ0v) is 16.0. The number of nitrogens with one attached hydrogen (secondary N) is 1. The minimum atomic E-state index is -0.171. The van der Waals surface area contributed by atoms with E-state index in [2.05, 4.69) is 40.1 Å². The molecule has 5 heteroatoms. The van der Waals surface area contributed by atoms with E-state index in [-0.39, 0.29) is 17.7 Å². The molecule has 0 spiro atoms. The quantitative estimate of drug-likeness (QED) is 0.583. The zero-order chi connectivity index (χ0) is 17.1. The SMILES string of the molecule is CC[C@@H](C)[C@H](C(=O)Nc1nc2ccc(Br)cc2s1)c1ccccc1. The van der Waals surface area contributed by atoms with Crippen LogP contribution in [0.1, 0.15) is 31.7 Å². The molecular weight excluding hydrogens is 384 g/mol. The summed E-state index contributed by atoms with van der Waals surface area (Å²) in [5, 5.41) is 3.67. The molecule has 0 saturated heterocycles. The summed E-state index contributed by atoms with van der Waals surface area (Å²) < 4.78 is 2.07. The molecule has 0 bridgehead atoms. The van der Waals surface area contributed by atoms with E-state index in [0.29, 0.717) is 5.13 Å². The fraction of sp³-hybridized carbons (Fsp3) is 0.263. The molecule has 3 rings (SSSR count). The molecule has 0 radical (unpaired) electrons. The number of thiazole rings is 1. The van der Waals surface area contributed by atoms with E-state index < -0.39 is 0 Å². The lowest BCUT2D eigenvalue weighted by molar-refractivity contribution is -0.118. The minimum absolute atomic E-state index is 0.00803. The van der Waals surface area contributed by atoms with Crippen molar-refractivity contribution in [3.8, 4) is 0 Å². The van der Waals surface area contributed by atoms with Gasteiger partial charge in [-0.25, -0.2) is 4.98 Å². The summed E-state index contributed by atoms with van der Waals surface area (Å²) in [7, 11) is 0. The highest BCUT2D eigenvalue weighted by molar-refractivity contribution is 9.10. The summed E-state index contributed by atoms with van der Waals surface area (Å²) in [6, 6.07) is 15.9. The van der Waals surface area contributed by atoms with Gasteiger partial charge >= 0.3 is 0 Å². The molecule has 0 fully saturated rings. The molecule has 2 aromatic carbocycles. The topological polar surface area (TPSA) is 42.0 Å². The van der Waals surface area contributed by atoms with E-state index >= 15 is 0 Å². The predicted molar refractivity (Wildman–Crippen MR) is 105 cm³/mol. The van der Waals surface area contributed by atoms with Crippen molar-refractivity contribution in [2.45, 2.75) is 26.2 Å². The maximum absolute atomic E-state index is 12.9. The third kappa shape index (κ3) is 3.68. The van der Waals surface area contributed by atoms with E-state index in [1.54, 1.807) is 0 Å². The van der Waals surface area contributed by atoms with Crippen molar-refractivity contribution in [2.75, 3.05) is 5.32 Å². The third-order valence-corrected chi connectivity index (χ3v) is 5.66. The van der Waals surface area contributed by atoms with Crippen LogP contribution in [0.4, 0.5) is 5.13 Å². The molecule has 0 unspecified atom stereocenters. The van der Waals surface area contributed by atoms with Crippen LogP contribution >= 0.6 is 27.3 Å². The minimum Gasteiger partial charge on any atom is -0.301 e. The molecule has 3 nitrogen and oxygen atoms in total. The molecule has 0 aliphatic rings. The first kappa shape index (κ1) is 17.1. The second kappa shape index (κ2) is 7.45. The highest BCUT2D eigenvalue weighted by Crippen LogP contribution is 2.32. The number of amides is 1. The number of benzene rings is 2. The lowest BCUT2D eigenvalue weighted by Gasteiger charge is -2.22. The molecule has 1 amide bonds. The van der Waals surface area contributed by atoms with Crippen LogP contribution in [0.15, 0.2) is 53.0 Å². The van der Waals surface area contributed by atoms with Crippen LogP contribution < -0.4 is 5.32 Å². The summed E-state index contributed by atoms with van der Waals surface area (Å²) in [6.45, 7) is 4.23. The fourth-order valence-corrected chi connectivity index (χ4v) is 4.19. The first-order valence-electron chi connectivity index (χ1n) is 8.00. The van der Waals surface area contributed by atoms with Gasteiger partial charge in [0.15, 0.2) is 5.13 Å². The van der Waals surface area contributed by atoms with Crippen LogP contribution in [-0.4, -0.2) is 10.9 Å². The third-order valence-electron chi connectivity index (χ3n) is 4.23. The van der Waals surface area contributed by atoms with Gasteiger partial charge in [0.25, 0.3) is 0 Å². The Balaban J connectivity index is 1.87. The Morgan fingerprint density at radius 2 is 2.00 bits per heavy atom. The van der Waals surface area contributed by atoms with Crippen LogP contribution in [0, 0.1) is 5.92 Å². The Labute approximate surface area is 154 Å². The number of halogens is 1. The van der Waals surface area contributed by atoms with Gasteiger partial charge in [-0.2, -0.15) is 0 Å². The van der Waals surface area contributed by atoms with Gasteiger partial charge in [0.05, 0.1) is 16.1 Å². The molecule has 0 aliphatic heterocycles. The molecular formula is C19H19BrN2OS. The summed E-state index contributed by atoms with van der Waals surface area (Å²) in [4.78, 5) is 17.4. The first-order valence-corrected chi connectivity index (χ1v) is 9.61. The predicted octanol–water partition coefficient (Wildman–Crippen LogP) is 5.83. The standard InChI is InChI=1S/C19H19BrN2OS/c1-3-12(2)17(13-7-5-4-6-8-13)18(23)22-19-21-15-10-9-14(20)11-16(15)24-19/h4-12,17H,3H2,1-2H3,(H,21,22,23)/t12-,17+/m1/s1. The monoisotopic (exact) mass is 402 g/mol. The molecule has 2 atom stereocenters. The number of anilines is 1. The van der Waals surface area contributed by atoms with Crippen LogP contribution in [0.5, 0.6) is 0 Å². The Morgan fingerprint density at radius 1 is 1.25 bits per heavy atom.